The second-order valence-electron chi connectivity index (χ2n) is 5.56. The average molecular weight is 361 g/mol. The summed E-state index contributed by atoms with van der Waals surface area (Å²) in [5, 5.41) is 8.75. The molecule has 2 rings (SSSR count). The number of carbonyl (C=O) groups is 2. The molecule has 0 aliphatic rings. The Hall–Kier alpha value is -2.51. The summed E-state index contributed by atoms with van der Waals surface area (Å²) in [6.45, 7) is 0. The van der Waals surface area contributed by atoms with Crippen LogP contribution in [-0.4, -0.2) is 31.8 Å². The molecule has 2 N–H and O–H groups in total. The van der Waals surface area contributed by atoms with Gasteiger partial charge in [0, 0.05) is 0 Å². The molecule has 0 saturated carbocycles. The van der Waals surface area contributed by atoms with Gasteiger partial charge in [0.25, 0.3) is 0 Å². The van der Waals surface area contributed by atoms with Crippen molar-refractivity contribution in [1.82, 2.24) is 4.72 Å². The first-order chi connectivity index (χ1) is 11.9. The Bertz CT molecular complexity index is 834. The van der Waals surface area contributed by atoms with Gasteiger partial charge in [0.05, 0.1) is 17.4 Å². The Labute approximate surface area is 146 Å². The number of nitrogens with one attached hydrogen (secondary N) is 1. The van der Waals surface area contributed by atoms with Crippen LogP contribution in [0.4, 0.5) is 0 Å². The van der Waals surface area contributed by atoms with E-state index in [1.54, 1.807) is 18.2 Å². The number of rotatable bonds is 9. The van der Waals surface area contributed by atoms with E-state index in [1.807, 2.05) is 30.3 Å². The van der Waals surface area contributed by atoms with E-state index in [2.05, 4.69) is 4.72 Å². The van der Waals surface area contributed by atoms with E-state index in [0.717, 1.165) is 5.56 Å². The van der Waals surface area contributed by atoms with E-state index in [1.165, 1.54) is 6.07 Å². The maximum absolute atomic E-state index is 12.6. The number of carboxylic acid groups (broad SMARTS) is 1. The predicted molar refractivity (Wildman–Crippen MR) is 92.7 cm³/mol. The van der Waals surface area contributed by atoms with E-state index < -0.39 is 28.5 Å². The molecule has 25 heavy (non-hydrogen) atoms. The minimum atomic E-state index is -4.00. The number of benzene rings is 2. The second-order valence-corrected chi connectivity index (χ2v) is 7.24. The molecule has 0 fully saturated rings. The minimum Gasteiger partial charge on any atom is -0.481 e. The Morgan fingerprint density at radius 3 is 2.32 bits per heavy atom. The molecule has 2 aromatic rings. The van der Waals surface area contributed by atoms with Gasteiger partial charge in [0.1, 0.15) is 6.29 Å². The van der Waals surface area contributed by atoms with E-state index in [0.29, 0.717) is 18.4 Å². The normalized spacial score (nSPS) is 12.5. The fourth-order valence-electron chi connectivity index (χ4n) is 2.46. The predicted octanol–water partition coefficient (Wildman–Crippen LogP) is 1.79. The molecule has 0 heterocycles. The standard InChI is InChI=1S/C18H19NO5S/c20-13-16(12-18(21)22)19-25(23,24)17-9-5-4-8-15(17)11-10-14-6-2-1-3-7-14/h1-9,13,16,19H,10-12H2,(H,21,22). The number of carboxylic acids is 1. The molecule has 7 heteroatoms. The quantitative estimate of drug-likeness (QED) is 0.663. The van der Waals surface area contributed by atoms with Crippen LogP contribution < -0.4 is 4.72 Å². The molecule has 0 aliphatic carbocycles. The zero-order valence-electron chi connectivity index (χ0n) is 13.5. The summed E-state index contributed by atoms with van der Waals surface area (Å²) in [7, 11) is -4.00. The molecular formula is C18H19NO5S. The largest absolute Gasteiger partial charge is 0.481 e. The van der Waals surface area contributed by atoms with Crippen LogP contribution in [0.5, 0.6) is 0 Å². The Morgan fingerprint density at radius 2 is 1.68 bits per heavy atom. The highest BCUT2D eigenvalue weighted by atomic mass is 32.2. The molecule has 0 radical (unpaired) electrons. The van der Waals surface area contributed by atoms with Gasteiger partial charge in [-0.15, -0.1) is 0 Å². The number of hydrogen-bond acceptors (Lipinski definition) is 4. The second kappa shape index (κ2) is 8.55. The third-order valence-corrected chi connectivity index (χ3v) is 5.24. The van der Waals surface area contributed by atoms with Crippen LogP contribution in [0.25, 0.3) is 0 Å². The van der Waals surface area contributed by atoms with Crippen molar-refractivity contribution in [3.8, 4) is 0 Å². The Balaban J connectivity index is 2.20. The maximum Gasteiger partial charge on any atom is 0.305 e. The van der Waals surface area contributed by atoms with Crippen LogP contribution in [0.2, 0.25) is 0 Å². The zero-order chi connectivity index (χ0) is 18.3. The third-order valence-electron chi connectivity index (χ3n) is 3.65. The highest BCUT2D eigenvalue weighted by molar-refractivity contribution is 7.89. The Morgan fingerprint density at radius 1 is 1.04 bits per heavy atom. The van der Waals surface area contributed by atoms with Crippen molar-refractivity contribution in [3.05, 3.63) is 65.7 Å². The summed E-state index contributed by atoms with van der Waals surface area (Å²) in [5.74, 6) is -1.25. The van der Waals surface area contributed by atoms with Crippen molar-refractivity contribution in [2.75, 3.05) is 0 Å². The summed E-state index contributed by atoms with van der Waals surface area (Å²) >= 11 is 0. The first-order valence-corrected chi connectivity index (χ1v) is 9.22. The highest BCUT2D eigenvalue weighted by Crippen LogP contribution is 2.18. The van der Waals surface area contributed by atoms with E-state index in [9.17, 15) is 18.0 Å². The van der Waals surface area contributed by atoms with E-state index in [-0.39, 0.29) is 11.2 Å². The lowest BCUT2D eigenvalue weighted by Gasteiger charge is -2.14. The first-order valence-electron chi connectivity index (χ1n) is 7.73. The van der Waals surface area contributed by atoms with Gasteiger partial charge in [-0.05, 0) is 30.0 Å². The molecule has 0 saturated heterocycles. The number of carbonyl (C=O) groups excluding carboxylic acids is 1. The molecule has 0 spiro atoms. The molecule has 1 unspecified atom stereocenters. The monoisotopic (exact) mass is 361 g/mol. The van der Waals surface area contributed by atoms with Gasteiger partial charge in [-0.25, -0.2) is 13.1 Å². The van der Waals surface area contributed by atoms with Gasteiger partial charge in [-0.1, -0.05) is 48.5 Å². The topological polar surface area (TPSA) is 101 Å². The van der Waals surface area contributed by atoms with E-state index in [4.69, 9.17) is 5.11 Å². The van der Waals surface area contributed by atoms with Crippen LogP contribution >= 0.6 is 0 Å². The van der Waals surface area contributed by atoms with Gasteiger partial charge in [0.15, 0.2) is 0 Å². The molecule has 0 amide bonds. The molecule has 0 aliphatic heterocycles. The number of aryl methyl sites for hydroxylation is 2. The molecular weight excluding hydrogens is 342 g/mol. The lowest BCUT2D eigenvalue weighted by atomic mass is 10.0. The van der Waals surface area contributed by atoms with Gasteiger partial charge < -0.3 is 9.90 Å². The number of aliphatic carboxylic acids is 1. The van der Waals surface area contributed by atoms with Crippen LogP contribution in [0, 0.1) is 0 Å². The van der Waals surface area contributed by atoms with Crippen LogP contribution in [0.15, 0.2) is 59.5 Å². The summed E-state index contributed by atoms with van der Waals surface area (Å²) in [5.41, 5.74) is 1.69. The molecule has 1 atom stereocenters. The highest BCUT2D eigenvalue weighted by Gasteiger charge is 2.23. The zero-order valence-corrected chi connectivity index (χ0v) is 14.3. The van der Waals surface area contributed by atoms with Crippen molar-refractivity contribution in [2.45, 2.75) is 30.2 Å². The lowest BCUT2D eigenvalue weighted by Crippen LogP contribution is -2.38. The average Bonchev–Trinajstić information content (AvgIpc) is 2.60. The van der Waals surface area contributed by atoms with Gasteiger partial charge >= 0.3 is 5.97 Å². The molecule has 0 aromatic heterocycles. The number of hydrogen-bond donors (Lipinski definition) is 2. The third kappa shape index (κ3) is 5.51. The minimum absolute atomic E-state index is 0.0585. The van der Waals surface area contributed by atoms with Crippen molar-refractivity contribution in [1.29, 1.82) is 0 Å². The summed E-state index contributed by atoms with van der Waals surface area (Å²) < 4.78 is 27.3. The molecule has 6 nitrogen and oxygen atoms in total. The molecule has 132 valence electrons. The fraction of sp³-hybridized carbons (Fsp3) is 0.222. The fourth-order valence-corrected chi connectivity index (χ4v) is 3.90. The van der Waals surface area contributed by atoms with Crippen LogP contribution in [-0.2, 0) is 32.5 Å². The summed E-state index contributed by atoms with van der Waals surface area (Å²) in [6.07, 6.45) is 0.860. The Kier molecular flexibility index (Phi) is 6.44. The number of aldehydes is 1. The van der Waals surface area contributed by atoms with E-state index >= 15 is 0 Å². The van der Waals surface area contributed by atoms with Crippen molar-refractivity contribution in [2.24, 2.45) is 0 Å². The van der Waals surface area contributed by atoms with Gasteiger partial charge in [-0.2, -0.15) is 0 Å². The first kappa shape index (κ1) is 18.8. The van der Waals surface area contributed by atoms with Crippen LogP contribution in [0.1, 0.15) is 17.5 Å². The summed E-state index contributed by atoms with van der Waals surface area (Å²) in [4.78, 5) is 21.7. The lowest BCUT2D eigenvalue weighted by molar-refractivity contribution is -0.138. The SMILES string of the molecule is O=CC(CC(=O)O)NS(=O)(=O)c1ccccc1CCc1ccccc1. The van der Waals surface area contributed by atoms with Crippen LogP contribution in [0.3, 0.4) is 0 Å². The molecule has 0 bridgehead atoms. The summed E-state index contributed by atoms with van der Waals surface area (Å²) in [6, 6.07) is 14.9. The van der Waals surface area contributed by atoms with Crippen molar-refractivity contribution < 1.29 is 23.1 Å². The smallest absolute Gasteiger partial charge is 0.305 e. The van der Waals surface area contributed by atoms with Crippen molar-refractivity contribution >= 4 is 22.3 Å². The maximum atomic E-state index is 12.6. The van der Waals surface area contributed by atoms with Crippen molar-refractivity contribution in [3.63, 3.8) is 0 Å². The van der Waals surface area contributed by atoms with Gasteiger partial charge in [0.2, 0.25) is 10.0 Å². The van der Waals surface area contributed by atoms with Gasteiger partial charge in [-0.3, -0.25) is 4.79 Å². The number of sulfonamides is 1. The molecule has 2 aromatic carbocycles.